The van der Waals surface area contributed by atoms with Gasteiger partial charge >= 0.3 is 5.69 Å². The summed E-state index contributed by atoms with van der Waals surface area (Å²) in [5.41, 5.74) is -0.163. The van der Waals surface area contributed by atoms with Crippen molar-refractivity contribution in [3.63, 3.8) is 0 Å². The number of rotatable bonds is 3. The second-order valence-electron chi connectivity index (χ2n) is 5.49. The van der Waals surface area contributed by atoms with Gasteiger partial charge in [0.2, 0.25) is 0 Å². The molecule has 2 aromatic heterocycles. The lowest BCUT2D eigenvalue weighted by atomic mass is 10.2. The molecule has 2 aromatic rings. The molecule has 0 amide bonds. The minimum atomic E-state index is -0.582. The second kappa shape index (κ2) is 6.01. The van der Waals surface area contributed by atoms with Crippen LogP contribution in [0.25, 0.3) is 0 Å². The van der Waals surface area contributed by atoms with Gasteiger partial charge in [-0.1, -0.05) is 0 Å². The minimum Gasteiger partial charge on any atom is -0.352 e. The van der Waals surface area contributed by atoms with Crippen molar-refractivity contribution >= 4 is 17.2 Å². The van der Waals surface area contributed by atoms with Gasteiger partial charge in [0.05, 0.1) is 16.7 Å². The van der Waals surface area contributed by atoms with Crippen LogP contribution in [0.2, 0.25) is 0 Å². The number of hydrogen-bond donors (Lipinski definition) is 0. The van der Waals surface area contributed by atoms with E-state index in [0.717, 1.165) is 20.1 Å². The molecule has 0 bridgehead atoms. The highest BCUT2D eigenvalue weighted by Gasteiger charge is 2.24. The SMILES string of the molecule is Cc1nc(C)c(C(C)N(C)c2c(C#N)c(=O)n(C)c(=O)n2C)s1. The topological polar surface area (TPSA) is 83.9 Å². The Balaban J connectivity index is 2.67. The smallest absolute Gasteiger partial charge is 0.332 e. The number of nitriles is 1. The lowest BCUT2D eigenvalue weighted by molar-refractivity contribution is 0.641. The maximum atomic E-state index is 12.2. The van der Waals surface area contributed by atoms with Gasteiger partial charge in [-0.3, -0.25) is 13.9 Å². The summed E-state index contributed by atoms with van der Waals surface area (Å²) in [5.74, 6) is 0.318. The molecule has 1 atom stereocenters. The van der Waals surface area contributed by atoms with Crippen molar-refractivity contribution in [1.82, 2.24) is 14.1 Å². The standard InChI is InChI=1S/C15H19N5O2S/c1-8-12(23-10(3)17-8)9(2)18(4)13-11(7-16)14(21)20(6)15(22)19(13)5/h9H,1-6H3. The molecule has 2 rings (SSSR count). The molecule has 0 fully saturated rings. The van der Waals surface area contributed by atoms with Gasteiger partial charge in [-0.15, -0.1) is 11.3 Å². The van der Waals surface area contributed by atoms with Crippen molar-refractivity contribution < 1.29 is 0 Å². The first-order valence-corrected chi connectivity index (χ1v) is 7.89. The summed E-state index contributed by atoms with van der Waals surface area (Å²) in [4.78, 5) is 31.6. The lowest BCUT2D eigenvalue weighted by Gasteiger charge is -2.28. The Morgan fingerprint density at radius 1 is 1.26 bits per heavy atom. The fourth-order valence-electron chi connectivity index (χ4n) is 2.64. The molecule has 23 heavy (non-hydrogen) atoms. The lowest BCUT2D eigenvalue weighted by Crippen LogP contribution is -2.42. The maximum Gasteiger partial charge on any atom is 0.332 e. The van der Waals surface area contributed by atoms with Gasteiger partial charge in [0.25, 0.3) is 5.56 Å². The Labute approximate surface area is 138 Å². The fourth-order valence-corrected chi connectivity index (χ4v) is 3.66. The monoisotopic (exact) mass is 333 g/mol. The third-order valence-electron chi connectivity index (χ3n) is 3.98. The van der Waals surface area contributed by atoms with Crippen molar-refractivity contribution in [2.75, 3.05) is 11.9 Å². The van der Waals surface area contributed by atoms with E-state index in [1.54, 1.807) is 30.3 Å². The van der Waals surface area contributed by atoms with E-state index in [4.69, 9.17) is 0 Å². The van der Waals surface area contributed by atoms with Gasteiger partial charge in [-0.25, -0.2) is 9.78 Å². The summed E-state index contributed by atoms with van der Waals surface area (Å²) in [5, 5.41) is 10.3. The zero-order valence-electron chi connectivity index (χ0n) is 14.0. The molecule has 7 nitrogen and oxygen atoms in total. The second-order valence-corrected chi connectivity index (χ2v) is 6.72. The number of hydrogen-bond acceptors (Lipinski definition) is 6. The summed E-state index contributed by atoms with van der Waals surface area (Å²) in [6.07, 6.45) is 0. The molecule has 0 radical (unpaired) electrons. The Morgan fingerprint density at radius 3 is 2.35 bits per heavy atom. The normalized spacial score (nSPS) is 12.0. The van der Waals surface area contributed by atoms with E-state index >= 15 is 0 Å². The number of thiazole rings is 1. The van der Waals surface area contributed by atoms with Crippen molar-refractivity contribution in [1.29, 1.82) is 5.26 Å². The van der Waals surface area contributed by atoms with E-state index in [2.05, 4.69) is 4.98 Å². The van der Waals surface area contributed by atoms with Gasteiger partial charge in [0.15, 0.2) is 5.56 Å². The highest BCUT2D eigenvalue weighted by atomic mass is 32.1. The van der Waals surface area contributed by atoms with Gasteiger partial charge in [-0.2, -0.15) is 5.26 Å². The predicted octanol–water partition coefficient (Wildman–Crippen LogP) is 1.23. The largest absolute Gasteiger partial charge is 0.352 e. The summed E-state index contributed by atoms with van der Waals surface area (Å²) < 4.78 is 2.28. The van der Waals surface area contributed by atoms with E-state index in [1.807, 2.05) is 26.8 Å². The van der Waals surface area contributed by atoms with Crippen LogP contribution in [-0.4, -0.2) is 21.2 Å². The molecular weight excluding hydrogens is 314 g/mol. The summed E-state index contributed by atoms with van der Waals surface area (Å²) in [6, 6.07) is 1.81. The molecule has 0 saturated carbocycles. The van der Waals surface area contributed by atoms with Crippen molar-refractivity contribution in [3.05, 3.63) is 42.0 Å². The van der Waals surface area contributed by atoms with Crippen molar-refractivity contribution in [2.45, 2.75) is 26.8 Å². The molecule has 0 aromatic carbocycles. The van der Waals surface area contributed by atoms with E-state index in [1.165, 1.54) is 11.6 Å². The third-order valence-corrected chi connectivity index (χ3v) is 5.22. The Morgan fingerprint density at radius 2 is 1.87 bits per heavy atom. The zero-order chi connectivity index (χ0) is 17.5. The predicted molar refractivity (Wildman–Crippen MR) is 90.0 cm³/mol. The highest BCUT2D eigenvalue weighted by Crippen LogP contribution is 2.31. The molecule has 2 heterocycles. The van der Waals surface area contributed by atoms with Crippen LogP contribution >= 0.6 is 11.3 Å². The van der Waals surface area contributed by atoms with Crippen LogP contribution in [0.1, 0.15) is 34.1 Å². The molecule has 122 valence electrons. The Hall–Kier alpha value is -2.40. The number of nitrogens with zero attached hydrogens (tertiary/aromatic N) is 5. The number of anilines is 1. The van der Waals surface area contributed by atoms with Gasteiger partial charge in [-0.05, 0) is 20.8 Å². The van der Waals surface area contributed by atoms with E-state index < -0.39 is 11.2 Å². The minimum absolute atomic E-state index is 0.0390. The average Bonchev–Trinajstić information content (AvgIpc) is 2.85. The number of aromatic nitrogens is 3. The van der Waals surface area contributed by atoms with Gasteiger partial charge in [0, 0.05) is 26.0 Å². The van der Waals surface area contributed by atoms with E-state index in [-0.39, 0.29) is 11.6 Å². The highest BCUT2D eigenvalue weighted by molar-refractivity contribution is 7.11. The van der Waals surface area contributed by atoms with Gasteiger partial charge in [0.1, 0.15) is 11.9 Å². The van der Waals surface area contributed by atoms with Crippen molar-refractivity contribution in [3.8, 4) is 6.07 Å². The first kappa shape index (κ1) is 17.0. The first-order valence-electron chi connectivity index (χ1n) is 7.07. The molecular formula is C15H19N5O2S. The van der Waals surface area contributed by atoms with Crippen LogP contribution < -0.4 is 16.1 Å². The summed E-state index contributed by atoms with van der Waals surface area (Å²) >= 11 is 1.57. The molecule has 0 N–H and O–H groups in total. The van der Waals surface area contributed by atoms with Crippen LogP contribution in [0.3, 0.4) is 0 Å². The van der Waals surface area contributed by atoms with Crippen molar-refractivity contribution in [2.24, 2.45) is 14.1 Å². The average molecular weight is 333 g/mol. The van der Waals surface area contributed by atoms with Crippen LogP contribution in [-0.2, 0) is 14.1 Å². The molecule has 0 aliphatic heterocycles. The van der Waals surface area contributed by atoms with E-state index in [9.17, 15) is 14.9 Å². The quantitative estimate of drug-likeness (QED) is 0.843. The Bertz CT molecular complexity index is 916. The summed E-state index contributed by atoms with van der Waals surface area (Å²) in [6.45, 7) is 5.82. The van der Waals surface area contributed by atoms with E-state index in [0.29, 0.717) is 5.82 Å². The zero-order valence-corrected chi connectivity index (χ0v) is 14.9. The molecule has 8 heteroatoms. The summed E-state index contributed by atoms with van der Waals surface area (Å²) in [7, 11) is 4.70. The Kier molecular flexibility index (Phi) is 4.43. The van der Waals surface area contributed by atoms with Crippen LogP contribution in [0.4, 0.5) is 5.82 Å². The molecule has 0 saturated heterocycles. The third kappa shape index (κ3) is 2.68. The fraction of sp³-hybridized carbons (Fsp3) is 0.467. The first-order chi connectivity index (χ1) is 10.7. The van der Waals surface area contributed by atoms with Crippen LogP contribution in [0.5, 0.6) is 0 Å². The van der Waals surface area contributed by atoms with Crippen LogP contribution in [0.15, 0.2) is 9.59 Å². The molecule has 0 aliphatic rings. The number of aryl methyl sites for hydroxylation is 2. The molecule has 0 spiro atoms. The molecule has 1 unspecified atom stereocenters. The maximum absolute atomic E-state index is 12.2. The van der Waals surface area contributed by atoms with Crippen LogP contribution in [0, 0.1) is 25.2 Å². The molecule has 0 aliphatic carbocycles. The van der Waals surface area contributed by atoms with Gasteiger partial charge < -0.3 is 4.90 Å².